The van der Waals surface area contributed by atoms with E-state index in [4.69, 9.17) is 14.6 Å². The van der Waals surface area contributed by atoms with E-state index in [9.17, 15) is 9.59 Å². The maximum Gasteiger partial charge on any atom is 0.320 e. The molecule has 0 spiro atoms. The number of hydrogen-bond acceptors (Lipinski definition) is 4. The Morgan fingerprint density at radius 3 is 2.80 bits per heavy atom. The molecular weight excluding hydrogens is 200 g/mol. The normalized spacial score (nSPS) is 22.3. The number of carbonyl (C=O) groups excluding carboxylic acids is 1. The van der Waals surface area contributed by atoms with Crippen molar-refractivity contribution in [3.8, 4) is 0 Å². The summed E-state index contributed by atoms with van der Waals surface area (Å²) in [6.45, 7) is 2.51. The largest absolute Gasteiger partial charge is 0.481 e. The van der Waals surface area contributed by atoms with Gasteiger partial charge in [-0.15, -0.1) is 0 Å². The second kappa shape index (κ2) is 5.70. The zero-order chi connectivity index (χ0) is 11.3. The predicted octanol–water partition coefficient (Wildman–Crippen LogP) is 0.819. The van der Waals surface area contributed by atoms with Crippen molar-refractivity contribution >= 4 is 11.9 Å². The average molecular weight is 216 g/mol. The van der Waals surface area contributed by atoms with Crippen molar-refractivity contribution in [3.05, 3.63) is 0 Å². The lowest BCUT2D eigenvalue weighted by Crippen LogP contribution is -2.29. The van der Waals surface area contributed by atoms with E-state index in [1.165, 1.54) is 0 Å². The first-order valence-electron chi connectivity index (χ1n) is 5.16. The molecule has 1 heterocycles. The molecule has 5 heteroatoms. The molecule has 0 amide bonds. The molecule has 0 saturated carbocycles. The number of carboxylic acids is 1. The van der Waals surface area contributed by atoms with E-state index in [2.05, 4.69) is 0 Å². The van der Waals surface area contributed by atoms with Gasteiger partial charge in [-0.2, -0.15) is 0 Å². The van der Waals surface area contributed by atoms with Crippen molar-refractivity contribution in [2.45, 2.75) is 32.3 Å². The van der Waals surface area contributed by atoms with Crippen LogP contribution in [0.5, 0.6) is 0 Å². The van der Waals surface area contributed by atoms with Crippen LogP contribution in [-0.4, -0.2) is 36.4 Å². The SMILES string of the molecule is CCOC(=O)C(CC1CCCO1)C(=O)O. The highest BCUT2D eigenvalue weighted by molar-refractivity contribution is 5.93. The lowest BCUT2D eigenvalue weighted by atomic mass is 10.0. The van der Waals surface area contributed by atoms with Gasteiger partial charge in [-0.3, -0.25) is 9.59 Å². The zero-order valence-electron chi connectivity index (χ0n) is 8.77. The summed E-state index contributed by atoms with van der Waals surface area (Å²) in [4.78, 5) is 22.2. The Kier molecular flexibility index (Phi) is 4.55. The maximum atomic E-state index is 11.3. The molecule has 5 nitrogen and oxygen atoms in total. The molecule has 1 rings (SSSR count). The van der Waals surface area contributed by atoms with E-state index in [1.807, 2.05) is 0 Å². The molecule has 2 unspecified atom stereocenters. The minimum atomic E-state index is -1.14. The van der Waals surface area contributed by atoms with Crippen molar-refractivity contribution in [2.75, 3.05) is 13.2 Å². The van der Waals surface area contributed by atoms with Crippen molar-refractivity contribution in [3.63, 3.8) is 0 Å². The van der Waals surface area contributed by atoms with Gasteiger partial charge in [-0.1, -0.05) is 0 Å². The summed E-state index contributed by atoms with van der Waals surface area (Å²) >= 11 is 0. The lowest BCUT2D eigenvalue weighted by molar-refractivity contribution is -0.159. The van der Waals surface area contributed by atoms with Gasteiger partial charge in [0.05, 0.1) is 12.7 Å². The summed E-state index contributed by atoms with van der Waals surface area (Å²) in [7, 11) is 0. The first kappa shape index (κ1) is 12.0. The standard InChI is InChI=1S/C10H16O5/c1-2-14-10(13)8(9(11)12)6-7-4-3-5-15-7/h7-8H,2-6H2,1H3,(H,11,12). The molecule has 0 aromatic heterocycles. The third-order valence-corrected chi connectivity index (χ3v) is 2.39. The topological polar surface area (TPSA) is 72.8 Å². The van der Waals surface area contributed by atoms with Gasteiger partial charge in [0.25, 0.3) is 0 Å². The number of esters is 1. The minimum Gasteiger partial charge on any atom is -0.481 e. The first-order valence-corrected chi connectivity index (χ1v) is 5.16. The lowest BCUT2D eigenvalue weighted by Gasteiger charge is -2.14. The van der Waals surface area contributed by atoms with Gasteiger partial charge in [0.2, 0.25) is 0 Å². The van der Waals surface area contributed by atoms with Gasteiger partial charge in [-0.05, 0) is 26.2 Å². The second-order valence-corrected chi connectivity index (χ2v) is 3.51. The number of carbonyl (C=O) groups is 2. The minimum absolute atomic E-state index is 0.115. The molecule has 0 aromatic carbocycles. The van der Waals surface area contributed by atoms with E-state index < -0.39 is 17.9 Å². The Morgan fingerprint density at radius 2 is 2.33 bits per heavy atom. The van der Waals surface area contributed by atoms with Crippen LogP contribution in [0, 0.1) is 5.92 Å². The fourth-order valence-electron chi connectivity index (χ4n) is 1.63. The van der Waals surface area contributed by atoms with Crippen LogP contribution >= 0.6 is 0 Å². The smallest absolute Gasteiger partial charge is 0.320 e. The van der Waals surface area contributed by atoms with Crippen LogP contribution in [0.3, 0.4) is 0 Å². The fourth-order valence-corrected chi connectivity index (χ4v) is 1.63. The second-order valence-electron chi connectivity index (χ2n) is 3.51. The maximum absolute atomic E-state index is 11.3. The third-order valence-electron chi connectivity index (χ3n) is 2.39. The number of aliphatic carboxylic acids is 1. The molecule has 0 aliphatic carbocycles. The zero-order valence-corrected chi connectivity index (χ0v) is 8.77. The van der Waals surface area contributed by atoms with Gasteiger partial charge >= 0.3 is 11.9 Å². The van der Waals surface area contributed by atoms with Gasteiger partial charge in [0.1, 0.15) is 0 Å². The van der Waals surface area contributed by atoms with Crippen LogP contribution in [0.2, 0.25) is 0 Å². The molecule has 0 bridgehead atoms. The highest BCUT2D eigenvalue weighted by Crippen LogP contribution is 2.21. The summed E-state index contributed by atoms with van der Waals surface area (Å²) < 4.78 is 9.99. The molecule has 0 aromatic rings. The van der Waals surface area contributed by atoms with Crippen LogP contribution in [0.25, 0.3) is 0 Å². The Bertz CT molecular complexity index is 232. The molecule has 0 radical (unpaired) electrons. The molecule has 1 aliphatic heterocycles. The van der Waals surface area contributed by atoms with Crippen molar-refractivity contribution in [2.24, 2.45) is 5.92 Å². The Morgan fingerprint density at radius 1 is 1.60 bits per heavy atom. The number of rotatable bonds is 5. The van der Waals surface area contributed by atoms with Crippen LogP contribution in [-0.2, 0) is 19.1 Å². The summed E-state index contributed by atoms with van der Waals surface area (Å²) in [6.07, 6.45) is 1.85. The Balaban J connectivity index is 2.49. The van der Waals surface area contributed by atoms with Crippen molar-refractivity contribution in [1.82, 2.24) is 0 Å². The summed E-state index contributed by atoms with van der Waals surface area (Å²) in [5.41, 5.74) is 0. The van der Waals surface area contributed by atoms with Crippen LogP contribution in [0.1, 0.15) is 26.2 Å². The molecule has 86 valence electrons. The van der Waals surface area contributed by atoms with Crippen molar-refractivity contribution < 1.29 is 24.2 Å². The van der Waals surface area contributed by atoms with E-state index in [-0.39, 0.29) is 19.1 Å². The number of carboxylic acid groups (broad SMARTS) is 1. The van der Waals surface area contributed by atoms with E-state index >= 15 is 0 Å². The molecular formula is C10H16O5. The van der Waals surface area contributed by atoms with Crippen LogP contribution in [0.15, 0.2) is 0 Å². The summed E-state index contributed by atoms with van der Waals surface area (Å²) in [5, 5.41) is 8.87. The van der Waals surface area contributed by atoms with Gasteiger partial charge in [0, 0.05) is 6.61 Å². The molecule has 2 atom stereocenters. The highest BCUT2D eigenvalue weighted by Gasteiger charge is 2.32. The third kappa shape index (κ3) is 3.51. The van der Waals surface area contributed by atoms with Crippen LogP contribution in [0.4, 0.5) is 0 Å². The molecule has 15 heavy (non-hydrogen) atoms. The average Bonchev–Trinajstić information content (AvgIpc) is 2.66. The molecule has 1 fully saturated rings. The van der Waals surface area contributed by atoms with E-state index in [0.29, 0.717) is 6.61 Å². The van der Waals surface area contributed by atoms with E-state index in [0.717, 1.165) is 12.8 Å². The molecule has 1 aliphatic rings. The summed E-state index contributed by atoms with van der Waals surface area (Å²) in [5.74, 6) is -2.89. The molecule has 1 N–H and O–H groups in total. The van der Waals surface area contributed by atoms with Gasteiger partial charge in [-0.25, -0.2) is 0 Å². The van der Waals surface area contributed by atoms with Gasteiger partial charge in [0.15, 0.2) is 5.92 Å². The van der Waals surface area contributed by atoms with Crippen molar-refractivity contribution in [1.29, 1.82) is 0 Å². The predicted molar refractivity (Wildman–Crippen MR) is 51.3 cm³/mol. The number of hydrogen-bond donors (Lipinski definition) is 1. The quantitative estimate of drug-likeness (QED) is 0.544. The monoisotopic (exact) mass is 216 g/mol. The Labute approximate surface area is 88.4 Å². The van der Waals surface area contributed by atoms with Gasteiger partial charge < -0.3 is 14.6 Å². The van der Waals surface area contributed by atoms with Crippen LogP contribution < -0.4 is 0 Å². The Hall–Kier alpha value is -1.10. The molecule has 1 saturated heterocycles. The summed E-state index contributed by atoms with van der Waals surface area (Å²) in [6, 6.07) is 0. The fraction of sp³-hybridized carbons (Fsp3) is 0.800. The highest BCUT2D eigenvalue weighted by atomic mass is 16.5. The first-order chi connectivity index (χ1) is 7.15. The number of ether oxygens (including phenoxy) is 2. The van der Waals surface area contributed by atoms with E-state index in [1.54, 1.807) is 6.92 Å².